The van der Waals surface area contributed by atoms with Gasteiger partial charge in [0.25, 0.3) is 0 Å². The molecule has 5 heteroatoms. The average molecular weight is 304 g/mol. The number of rotatable bonds is 0. The molecule has 2 aliphatic rings. The van der Waals surface area contributed by atoms with Crippen LogP contribution in [-0.2, 0) is 19.5 Å². The van der Waals surface area contributed by atoms with E-state index in [1.165, 1.54) is 35.9 Å². The van der Waals surface area contributed by atoms with Crippen molar-refractivity contribution in [1.29, 1.82) is 0 Å². The van der Waals surface area contributed by atoms with E-state index in [0.29, 0.717) is 0 Å². The Morgan fingerprint density at radius 2 is 0.923 bits per heavy atom. The predicted octanol–water partition coefficient (Wildman–Crippen LogP) is 3.95. The van der Waals surface area contributed by atoms with Crippen LogP contribution in [0.5, 0.6) is 0 Å². The molecule has 0 spiro atoms. The van der Waals surface area contributed by atoms with Crippen molar-refractivity contribution < 1.29 is 19.5 Å². The first kappa shape index (κ1) is 15.0. The third-order valence-electron chi connectivity index (χ3n) is 1.32. The largest absolute Gasteiger partial charge is 2.00 e. The molecule has 0 aromatic heterocycles. The summed E-state index contributed by atoms with van der Waals surface area (Å²) < 4.78 is 0. The van der Waals surface area contributed by atoms with E-state index >= 15 is 0 Å². The minimum Gasteiger partial charge on any atom is -0.341 e. The van der Waals surface area contributed by atoms with Gasteiger partial charge in [-0.2, -0.15) is 0 Å². The minimum absolute atomic E-state index is 0. The molecule has 2 fully saturated rings. The Hall–Kier alpha value is 2.02. The van der Waals surface area contributed by atoms with E-state index in [-0.39, 0.29) is 19.5 Å². The Morgan fingerprint density at radius 3 is 1.00 bits per heavy atom. The topological polar surface area (TPSA) is 0 Å². The van der Waals surface area contributed by atoms with Crippen molar-refractivity contribution in [1.82, 2.24) is 0 Å². The van der Waals surface area contributed by atoms with Gasteiger partial charge in [-0.15, -0.1) is 0 Å². The maximum absolute atomic E-state index is 2.23. The van der Waals surface area contributed by atoms with E-state index in [9.17, 15) is 0 Å². The second-order valence-electron chi connectivity index (χ2n) is 2.38. The van der Waals surface area contributed by atoms with Crippen molar-refractivity contribution in [3.63, 3.8) is 0 Å². The van der Waals surface area contributed by atoms with Gasteiger partial charge in [0.15, 0.2) is 0 Å². The molecule has 0 aromatic carbocycles. The van der Waals surface area contributed by atoms with E-state index in [1.807, 2.05) is 47.0 Å². The van der Waals surface area contributed by atoms with Gasteiger partial charge in [-0.05, 0) is 35.9 Å². The summed E-state index contributed by atoms with van der Waals surface area (Å²) in [6.45, 7) is 0. The zero-order chi connectivity index (χ0) is 8.49. The van der Waals surface area contributed by atoms with Crippen molar-refractivity contribution in [2.45, 2.75) is 12.8 Å². The molecule has 2 aliphatic heterocycles. The second kappa shape index (κ2) is 12.1. The molecule has 0 radical (unpaired) electrons. The third-order valence-corrected chi connectivity index (χ3v) is 5.60. The quantitative estimate of drug-likeness (QED) is 0.490. The molecule has 0 aliphatic carbocycles. The van der Waals surface area contributed by atoms with Crippen molar-refractivity contribution in [3.8, 4) is 0 Å². The van der Waals surface area contributed by atoms with E-state index in [4.69, 9.17) is 0 Å². The molecule has 0 bridgehead atoms. The normalized spacial score (nSPS) is 22.2. The predicted molar refractivity (Wildman–Crippen MR) is 67.7 cm³/mol. The number of thioether (sulfide) groups is 4. The van der Waals surface area contributed by atoms with Crippen LogP contribution in [0, 0.1) is 10.2 Å². The Bertz CT molecular complexity index is 59.1. The summed E-state index contributed by atoms with van der Waals surface area (Å²) in [5.41, 5.74) is 0. The van der Waals surface area contributed by atoms with Crippen LogP contribution in [0.15, 0.2) is 0 Å². The van der Waals surface area contributed by atoms with E-state index in [1.54, 1.807) is 0 Å². The molecule has 0 atom stereocenters. The maximum Gasteiger partial charge on any atom is 2.00 e. The molecule has 2 saturated heterocycles. The molecular weight excluding hydrogens is 290 g/mol. The molecule has 0 N–H and O–H groups in total. The molecule has 2 heterocycles. The van der Waals surface area contributed by atoms with E-state index < -0.39 is 0 Å². The van der Waals surface area contributed by atoms with Gasteiger partial charge in [0.1, 0.15) is 0 Å². The summed E-state index contributed by atoms with van der Waals surface area (Å²) in [5, 5.41) is 4.45. The van der Waals surface area contributed by atoms with Crippen LogP contribution in [0.3, 0.4) is 0 Å². The van der Waals surface area contributed by atoms with Crippen molar-refractivity contribution in [3.05, 3.63) is 10.2 Å². The Kier molecular flexibility index (Phi) is 14.0. The molecule has 2 rings (SSSR count). The summed E-state index contributed by atoms with van der Waals surface area (Å²) in [7, 11) is 0. The summed E-state index contributed by atoms with van der Waals surface area (Å²) in [6.07, 6.45) is 2.79. The second-order valence-corrected chi connectivity index (χ2v) is 6.89. The van der Waals surface area contributed by atoms with Gasteiger partial charge < -0.3 is 47.0 Å². The molecular formula is C8H14S4Zn. The zero-order valence-corrected chi connectivity index (χ0v) is 14.0. The van der Waals surface area contributed by atoms with Gasteiger partial charge in [0.2, 0.25) is 0 Å². The molecule has 72 valence electrons. The fourth-order valence-corrected chi connectivity index (χ4v) is 4.66. The third kappa shape index (κ3) is 10.3. The van der Waals surface area contributed by atoms with Crippen molar-refractivity contribution >= 4 is 47.0 Å². The first-order valence-electron chi connectivity index (χ1n) is 4.10. The summed E-state index contributed by atoms with van der Waals surface area (Å²) in [5.74, 6) is 5.36. The van der Waals surface area contributed by atoms with Gasteiger partial charge in [0, 0.05) is 0 Å². The maximum atomic E-state index is 2.23. The molecule has 0 amide bonds. The van der Waals surface area contributed by atoms with Gasteiger partial charge in [0.05, 0.1) is 0 Å². The van der Waals surface area contributed by atoms with Crippen LogP contribution >= 0.6 is 47.0 Å². The standard InChI is InChI=1S/2C4H7S2.Zn/c2*1-2-5-4-6-3-1;/h2*4H,1-3H2;/q2*-1;+2. The number of hydrogen-bond acceptors (Lipinski definition) is 4. The van der Waals surface area contributed by atoms with Gasteiger partial charge >= 0.3 is 19.5 Å². The fraction of sp³-hybridized carbons (Fsp3) is 0.750. The number of hydrogen-bond donors (Lipinski definition) is 0. The smallest absolute Gasteiger partial charge is 0.341 e. The van der Waals surface area contributed by atoms with Gasteiger partial charge in [-0.25, -0.2) is 10.2 Å². The van der Waals surface area contributed by atoms with E-state index in [0.717, 1.165) is 0 Å². The van der Waals surface area contributed by atoms with Gasteiger partial charge in [-0.1, -0.05) is 0 Å². The van der Waals surface area contributed by atoms with E-state index in [2.05, 4.69) is 10.2 Å². The van der Waals surface area contributed by atoms with Crippen LogP contribution in [0.2, 0.25) is 0 Å². The summed E-state index contributed by atoms with van der Waals surface area (Å²) in [4.78, 5) is 0. The van der Waals surface area contributed by atoms with Crippen LogP contribution < -0.4 is 0 Å². The molecule has 0 saturated carbocycles. The van der Waals surface area contributed by atoms with Crippen molar-refractivity contribution in [2.75, 3.05) is 23.0 Å². The Labute approximate surface area is 112 Å². The monoisotopic (exact) mass is 302 g/mol. The van der Waals surface area contributed by atoms with Crippen LogP contribution in [0.1, 0.15) is 12.8 Å². The summed E-state index contributed by atoms with van der Waals surface area (Å²) >= 11 is 7.73. The first-order chi connectivity index (χ1) is 6.00. The van der Waals surface area contributed by atoms with Gasteiger partial charge in [-0.3, -0.25) is 0 Å². The first-order valence-corrected chi connectivity index (χ1v) is 8.29. The fourth-order valence-electron chi connectivity index (χ4n) is 0.740. The van der Waals surface area contributed by atoms with Crippen LogP contribution in [-0.4, -0.2) is 23.0 Å². The Balaban J connectivity index is 0.000000206. The Morgan fingerprint density at radius 1 is 0.615 bits per heavy atom. The minimum atomic E-state index is 0. The molecule has 0 nitrogen and oxygen atoms in total. The van der Waals surface area contributed by atoms with Crippen molar-refractivity contribution in [2.24, 2.45) is 0 Å². The molecule has 0 unspecified atom stereocenters. The summed E-state index contributed by atoms with van der Waals surface area (Å²) in [6, 6.07) is 0. The van der Waals surface area contributed by atoms with Crippen LogP contribution in [0.4, 0.5) is 0 Å². The zero-order valence-electron chi connectivity index (χ0n) is 7.74. The molecule has 0 aromatic rings. The average Bonchev–Trinajstić information content (AvgIpc) is 2.24. The SMILES string of the molecule is [CH-]1SCCCS1.[CH-]1SCCCS1.[Zn+2]. The van der Waals surface area contributed by atoms with Crippen LogP contribution in [0.25, 0.3) is 0 Å². The molecule has 13 heavy (non-hydrogen) atoms.